The van der Waals surface area contributed by atoms with E-state index in [0.29, 0.717) is 28.9 Å². The van der Waals surface area contributed by atoms with E-state index in [4.69, 9.17) is 16.0 Å². The summed E-state index contributed by atoms with van der Waals surface area (Å²) in [5, 5.41) is 15.5. The predicted molar refractivity (Wildman–Crippen MR) is 144 cm³/mol. The summed E-state index contributed by atoms with van der Waals surface area (Å²) in [6.07, 6.45) is 0.768. The Balaban J connectivity index is 1.48. The topological polar surface area (TPSA) is 100 Å². The van der Waals surface area contributed by atoms with Crippen molar-refractivity contribution in [3.05, 3.63) is 89.9 Å². The first kappa shape index (κ1) is 27.3. The summed E-state index contributed by atoms with van der Waals surface area (Å²) in [5.41, 5.74) is 0.939. The Bertz CT molecular complexity index is 1520. The summed E-state index contributed by atoms with van der Waals surface area (Å²) in [5.74, 6) is -0.423. The number of likely N-dealkylation sites (N-methyl/N-ethyl adjacent to an activating group) is 1. The van der Waals surface area contributed by atoms with Crippen LogP contribution in [0.1, 0.15) is 0 Å². The summed E-state index contributed by atoms with van der Waals surface area (Å²) in [6, 6.07) is 13.1. The van der Waals surface area contributed by atoms with Gasteiger partial charge in [0.25, 0.3) is 0 Å². The number of carbonyl (C=O) groups is 1. The van der Waals surface area contributed by atoms with E-state index < -0.39 is 23.8 Å². The number of aliphatic hydroxyl groups is 1. The molecule has 0 spiro atoms. The number of amides is 2. The molecular weight excluding hydrogens is 508 g/mol. The van der Waals surface area contributed by atoms with Gasteiger partial charge in [0, 0.05) is 29.9 Å². The van der Waals surface area contributed by atoms with Gasteiger partial charge in [0.2, 0.25) is 5.69 Å². The minimum absolute atomic E-state index is 0.00395. The fourth-order valence-corrected chi connectivity index (χ4v) is 3.69. The molecule has 1 heterocycles. The van der Waals surface area contributed by atoms with Crippen LogP contribution in [-0.4, -0.2) is 54.4 Å². The van der Waals surface area contributed by atoms with Crippen molar-refractivity contribution in [3.63, 3.8) is 0 Å². The monoisotopic (exact) mass is 533 g/mol. The minimum Gasteiger partial charge on any atom is -0.502 e. The van der Waals surface area contributed by atoms with Crippen LogP contribution in [0.2, 0.25) is 0 Å². The third-order valence-electron chi connectivity index (χ3n) is 5.43. The standard InChI is InChI=1S/C28H25F2N5O4/c1-31-25-13-21-24(14-27(25)38-16-19(36)15-35(2)3)32-11-10-26(21)39-20-8-9-23(22(30)12-20)34-28(37)33-18-6-4-17(29)5-7-18/h4-14,19,36H,15-16H2,2-3H3,(H2,33,34,37)/t19-/m1/s1. The van der Waals surface area contributed by atoms with Gasteiger partial charge in [0.1, 0.15) is 41.6 Å². The van der Waals surface area contributed by atoms with Crippen molar-refractivity contribution in [1.29, 1.82) is 0 Å². The number of carbonyl (C=O) groups excluding carboxylic acids is 1. The number of aliphatic hydroxyl groups excluding tert-OH is 1. The lowest BCUT2D eigenvalue weighted by atomic mass is 10.1. The van der Waals surface area contributed by atoms with Gasteiger partial charge >= 0.3 is 6.03 Å². The second-order valence-corrected chi connectivity index (χ2v) is 8.81. The molecule has 39 heavy (non-hydrogen) atoms. The molecule has 9 nitrogen and oxygen atoms in total. The highest BCUT2D eigenvalue weighted by Gasteiger charge is 2.15. The molecule has 200 valence electrons. The lowest BCUT2D eigenvalue weighted by Crippen LogP contribution is -2.30. The van der Waals surface area contributed by atoms with Gasteiger partial charge in [-0.05, 0) is 68.7 Å². The number of nitrogens with one attached hydrogen (secondary N) is 2. The van der Waals surface area contributed by atoms with E-state index >= 15 is 0 Å². The molecule has 0 unspecified atom stereocenters. The number of hydrogen-bond donors (Lipinski definition) is 3. The first-order chi connectivity index (χ1) is 18.7. The molecule has 1 atom stereocenters. The fraction of sp³-hybridized carbons (Fsp3) is 0.179. The van der Waals surface area contributed by atoms with Crippen molar-refractivity contribution >= 4 is 34.0 Å². The second-order valence-electron chi connectivity index (χ2n) is 8.81. The van der Waals surface area contributed by atoms with Crippen LogP contribution in [0.3, 0.4) is 0 Å². The lowest BCUT2D eigenvalue weighted by Gasteiger charge is -2.17. The van der Waals surface area contributed by atoms with Crippen molar-refractivity contribution in [2.75, 3.05) is 37.9 Å². The average molecular weight is 534 g/mol. The number of rotatable bonds is 9. The average Bonchev–Trinajstić information content (AvgIpc) is 2.89. The molecule has 0 aliphatic heterocycles. The van der Waals surface area contributed by atoms with E-state index in [2.05, 4.69) is 20.5 Å². The van der Waals surface area contributed by atoms with Gasteiger partial charge in [0.05, 0.1) is 17.8 Å². The van der Waals surface area contributed by atoms with E-state index in [0.717, 1.165) is 6.07 Å². The molecule has 4 aromatic rings. The summed E-state index contributed by atoms with van der Waals surface area (Å²) in [4.78, 5) is 21.8. The Morgan fingerprint density at radius 1 is 1.08 bits per heavy atom. The van der Waals surface area contributed by atoms with Crippen molar-refractivity contribution in [2.24, 2.45) is 0 Å². The maximum Gasteiger partial charge on any atom is 0.323 e. The van der Waals surface area contributed by atoms with Crippen LogP contribution in [0.25, 0.3) is 15.7 Å². The van der Waals surface area contributed by atoms with Gasteiger partial charge in [-0.25, -0.2) is 18.4 Å². The van der Waals surface area contributed by atoms with Crippen molar-refractivity contribution < 1.29 is 28.2 Å². The highest BCUT2D eigenvalue weighted by atomic mass is 19.1. The first-order valence-electron chi connectivity index (χ1n) is 11.8. The van der Waals surface area contributed by atoms with Gasteiger partial charge < -0.3 is 30.1 Å². The summed E-state index contributed by atoms with van der Waals surface area (Å²) >= 11 is 0. The smallest absolute Gasteiger partial charge is 0.323 e. The fourth-order valence-electron chi connectivity index (χ4n) is 3.69. The number of nitrogens with zero attached hydrogens (tertiary/aromatic N) is 3. The molecule has 0 aliphatic carbocycles. The van der Waals surface area contributed by atoms with Crippen molar-refractivity contribution in [1.82, 2.24) is 9.88 Å². The Morgan fingerprint density at radius 3 is 2.54 bits per heavy atom. The number of urea groups is 1. The number of anilines is 2. The maximum absolute atomic E-state index is 14.8. The van der Waals surface area contributed by atoms with E-state index in [1.165, 1.54) is 42.6 Å². The van der Waals surface area contributed by atoms with Crippen LogP contribution in [0, 0.1) is 18.2 Å². The Kier molecular flexibility index (Phi) is 8.50. The molecule has 0 radical (unpaired) electrons. The van der Waals surface area contributed by atoms with E-state index in [9.17, 15) is 18.7 Å². The number of pyridine rings is 1. The number of fused-ring (bicyclic) bond motifs is 1. The zero-order valence-corrected chi connectivity index (χ0v) is 21.1. The van der Waals surface area contributed by atoms with Gasteiger partial charge in [-0.3, -0.25) is 4.98 Å². The normalized spacial score (nSPS) is 11.6. The Labute approximate surface area is 223 Å². The van der Waals surface area contributed by atoms with Gasteiger partial charge in [0.15, 0.2) is 0 Å². The van der Waals surface area contributed by atoms with E-state index in [-0.39, 0.29) is 29.5 Å². The van der Waals surface area contributed by atoms with Gasteiger partial charge in [-0.15, -0.1) is 0 Å². The van der Waals surface area contributed by atoms with E-state index in [1.807, 2.05) is 19.0 Å². The van der Waals surface area contributed by atoms with Crippen LogP contribution in [-0.2, 0) is 0 Å². The third kappa shape index (κ3) is 7.16. The van der Waals surface area contributed by atoms with Crippen LogP contribution in [0.5, 0.6) is 17.2 Å². The molecule has 1 aromatic heterocycles. The summed E-state index contributed by atoms with van der Waals surface area (Å²) in [6.45, 7) is 7.95. The first-order valence-corrected chi connectivity index (χ1v) is 11.8. The quantitative estimate of drug-likeness (QED) is 0.235. The molecular formula is C28H25F2N5O4. The highest BCUT2D eigenvalue weighted by molar-refractivity contribution is 5.99. The zero-order chi connectivity index (χ0) is 27.9. The van der Waals surface area contributed by atoms with Crippen LogP contribution >= 0.6 is 0 Å². The predicted octanol–water partition coefficient (Wildman–Crippen LogP) is 5.80. The van der Waals surface area contributed by atoms with Crippen LogP contribution in [0.15, 0.2) is 66.9 Å². The molecule has 2 amide bonds. The molecule has 4 rings (SSSR count). The maximum atomic E-state index is 14.8. The van der Waals surface area contributed by atoms with Crippen molar-refractivity contribution in [3.8, 4) is 17.2 Å². The molecule has 0 saturated heterocycles. The van der Waals surface area contributed by atoms with Gasteiger partial charge in [-0.1, -0.05) is 0 Å². The highest BCUT2D eigenvalue weighted by Crippen LogP contribution is 2.37. The van der Waals surface area contributed by atoms with Crippen LogP contribution < -0.4 is 20.1 Å². The zero-order valence-electron chi connectivity index (χ0n) is 21.1. The Hall–Kier alpha value is -4.79. The molecule has 0 fully saturated rings. The lowest BCUT2D eigenvalue weighted by molar-refractivity contribution is 0.0835. The number of benzene rings is 3. The summed E-state index contributed by atoms with van der Waals surface area (Å²) in [7, 11) is 3.66. The van der Waals surface area contributed by atoms with Gasteiger partial charge in [-0.2, -0.15) is 0 Å². The molecule has 11 heteroatoms. The molecule has 0 aliphatic rings. The summed E-state index contributed by atoms with van der Waals surface area (Å²) < 4.78 is 39.4. The Morgan fingerprint density at radius 2 is 1.85 bits per heavy atom. The van der Waals surface area contributed by atoms with Crippen molar-refractivity contribution in [2.45, 2.75) is 6.10 Å². The second kappa shape index (κ2) is 12.2. The van der Waals surface area contributed by atoms with Crippen LogP contribution in [0.4, 0.5) is 30.6 Å². The molecule has 3 N–H and O–H groups in total. The van der Waals surface area contributed by atoms with E-state index in [1.54, 1.807) is 18.2 Å². The largest absolute Gasteiger partial charge is 0.502 e. The number of hydrogen-bond acceptors (Lipinski definition) is 6. The molecule has 3 aromatic carbocycles. The third-order valence-corrected chi connectivity index (χ3v) is 5.43. The molecule has 0 saturated carbocycles. The number of ether oxygens (including phenoxy) is 2. The minimum atomic E-state index is -0.742. The number of aromatic nitrogens is 1. The molecule has 0 bridgehead atoms. The SMILES string of the molecule is [C-]#[N+]c1cc2c(Oc3ccc(NC(=O)Nc4ccc(F)cc4)c(F)c3)ccnc2cc1OC[C@H](O)CN(C)C. The number of halogens is 2.